The van der Waals surface area contributed by atoms with Gasteiger partial charge in [0.15, 0.2) is 12.2 Å². The zero-order valence-electron chi connectivity index (χ0n) is 8.13. The van der Waals surface area contributed by atoms with Gasteiger partial charge in [-0.05, 0) is 24.6 Å². The monoisotopic (exact) mass is 241 g/mol. The molecule has 0 aliphatic carbocycles. The van der Waals surface area contributed by atoms with Gasteiger partial charge in [-0.15, -0.1) is 11.6 Å². The molecule has 15 heavy (non-hydrogen) atoms. The second-order valence-corrected chi connectivity index (χ2v) is 3.92. The summed E-state index contributed by atoms with van der Waals surface area (Å²) in [7, 11) is 0. The number of hydrogen-bond acceptors (Lipinski definition) is 2. The molecule has 0 aliphatic rings. The fourth-order valence-corrected chi connectivity index (χ4v) is 1.78. The molecule has 0 unspecified atom stereocenters. The zero-order valence-corrected chi connectivity index (χ0v) is 9.64. The summed E-state index contributed by atoms with van der Waals surface area (Å²) >= 11 is 11.7. The Bertz CT molecular complexity index is 479. The lowest BCUT2D eigenvalue weighted by Crippen LogP contribution is -1.86. The van der Waals surface area contributed by atoms with Crippen LogP contribution in [0.25, 0.3) is 11.3 Å². The molecule has 0 saturated heterocycles. The predicted molar refractivity (Wildman–Crippen MR) is 61.2 cm³/mol. The average Bonchev–Trinajstić information content (AvgIpc) is 2.69. The van der Waals surface area contributed by atoms with E-state index in [2.05, 4.69) is 4.98 Å². The number of oxazole rings is 1. The molecule has 0 bridgehead atoms. The van der Waals surface area contributed by atoms with Crippen molar-refractivity contribution in [1.29, 1.82) is 0 Å². The fraction of sp³-hybridized carbons (Fsp3) is 0.182. The van der Waals surface area contributed by atoms with Gasteiger partial charge in [-0.1, -0.05) is 17.7 Å². The smallest absolute Gasteiger partial charge is 0.181 e. The van der Waals surface area contributed by atoms with E-state index in [0.29, 0.717) is 16.7 Å². The Labute approximate surface area is 97.8 Å². The third-order valence-electron chi connectivity index (χ3n) is 2.21. The molecule has 4 heteroatoms. The molecule has 1 aromatic heterocycles. The van der Waals surface area contributed by atoms with Gasteiger partial charge in [0.25, 0.3) is 0 Å². The first-order chi connectivity index (χ1) is 7.22. The summed E-state index contributed by atoms with van der Waals surface area (Å²) in [5.41, 5.74) is 2.76. The van der Waals surface area contributed by atoms with E-state index in [9.17, 15) is 0 Å². The molecule has 0 radical (unpaired) electrons. The Morgan fingerprint density at radius 3 is 2.93 bits per heavy atom. The van der Waals surface area contributed by atoms with Crippen LogP contribution in [0.15, 0.2) is 29.0 Å². The molecule has 0 spiro atoms. The van der Waals surface area contributed by atoms with Gasteiger partial charge in [0.2, 0.25) is 0 Å². The SMILES string of the molecule is Cc1ccc(Cl)cc1-c1ocnc1CCl. The van der Waals surface area contributed by atoms with Crippen LogP contribution in [0.3, 0.4) is 0 Å². The van der Waals surface area contributed by atoms with Gasteiger partial charge in [0.1, 0.15) is 5.69 Å². The standard InChI is InChI=1S/C11H9Cl2NO/c1-7-2-3-8(13)4-9(7)11-10(5-12)14-6-15-11/h2-4,6H,5H2,1H3. The van der Waals surface area contributed by atoms with E-state index in [1.54, 1.807) is 0 Å². The molecule has 0 fully saturated rings. The van der Waals surface area contributed by atoms with Crippen molar-refractivity contribution in [3.05, 3.63) is 40.9 Å². The van der Waals surface area contributed by atoms with Crippen LogP contribution in [0, 0.1) is 6.92 Å². The molecular formula is C11H9Cl2NO. The molecule has 0 saturated carbocycles. The molecule has 1 heterocycles. The molecule has 1 aromatic carbocycles. The highest BCUT2D eigenvalue weighted by Crippen LogP contribution is 2.29. The highest BCUT2D eigenvalue weighted by atomic mass is 35.5. The van der Waals surface area contributed by atoms with Crippen LogP contribution < -0.4 is 0 Å². The van der Waals surface area contributed by atoms with Crippen molar-refractivity contribution in [3.63, 3.8) is 0 Å². The van der Waals surface area contributed by atoms with Crippen LogP contribution in [0.5, 0.6) is 0 Å². The van der Waals surface area contributed by atoms with Crippen molar-refractivity contribution < 1.29 is 4.42 Å². The number of benzene rings is 1. The summed E-state index contributed by atoms with van der Waals surface area (Å²) < 4.78 is 5.32. The summed E-state index contributed by atoms with van der Waals surface area (Å²) in [4.78, 5) is 4.04. The first-order valence-corrected chi connectivity index (χ1v) is 5.38. The summed E-state index contributed by atoms with van der Waals surface area (Å²) in [5.74, 6) is 1.03. The maximum atomic E-state index is 5.93. The van der Waals surface area contributed by atoms with E-state index < -0.39 is 0 Å². The fourth-order valence-electron chi connectivity index (χ4n) is 1.42. The second kappa shape index (κ2) is 4.25. The summed E-state index contributed by atoms with van der Waals surface area (Å²) in [6.45, 7) is 1.99. The van der Waals surface area contributed by atoms with Gasteiger partial charge in [0, 0.05) is 10.6 Å². The number of rotatable bonds is 2. The quantitative estimate of drug-likeness (QED) is 0.742. The Kier molecular flexibility index (Phi) is 2.98. The number of hydrogen-bond donors (Lipinski definition) is 0. The lowest BCUT2D eigenvalue weighted by Gasteiger charge is -2.03. The molecule has 2 aromatic rings. The minimum Gasteiger partial charge on any atom is -0.443 e. The number of alkyl halides is 1. The van der Waals surface area contributed by atoms with Gasteiger partial charge in [-0.3, -0.25) is 0 Å². The molecule has 2 nitrogen and oxygen atoms in total. The molecule has 0 N–H and O–H groups in total. The van der Waals surface area contributed by atoms with Crippen molar-refractivity contribution in [2.24, 2.45) is 0 Å². The number of halogens is 2. The predicted octanol–water partition coefficient (Wildman–Crippen LogP) is 4.04. The second-order valence-electron chi connectivity index (χ2n) is 3.22. The minimum atomic E-state index is 0.331. The summed E-state index contributed by atoms with van der Waals surface area (Å²) in [6.07, 6.45) is 1.40. The van der Waals surface area contributed by atoms with Crippen molar-refractivity contribution >= 4 is 23.2 Å². The minimum absolute atomic E-state index is 0.331. The lowest BCUT2D eigenvalue weighted by molar-refractivity contribution is 0.571. The average molecular weight is 242 g/mol. The van der Waals surface area contributed by atoms with Gasteiger partial charge >= 0.3 is 0 Å². The lowest BCUT2D eigenvalue weighted by atomic mass is 10.1. The van der Waals surface area contributed by atoms with E-state index in [-0.39, 0.29) is 0 Å². The van der Waals surface area contributed by atoms with E-state index >= 15 is 0 Å². The maximum Gasteiger partial charge on any atom is 0.181 e. The van der Waals surface area contributed by atoms with Gasteiger partial charge < -0.3 is 4.42 Å². The van der Waals surface area contributed by atoms with Crippen LogP contribution >= 0.6 is 23.2 Å². The van der Waals surface area contributed by atoms with Crippen molar-refractivity contribution in [2.45, 2.75) is 12.8 Å². The Hall–Kier alpha value is -0.990. The van der Waals surface area contributed by atoms with Crippen LogP contribution in [0.4, 0.5) is 0 Å². The van der Waals surface area contributed by atoms with Crippen molar-refractivity contribution in [3.8, 4) is 11.3 Å². The highest BCUT2D eigenvalue weighted by Gasteiger charge is 2.12. The zero-order chi connectivity index (χ0) is 10.8. The molecule has 78 valence electrons. The highest BCUT2D eigenvalue weighted by molar-refractivity contribution is 6.30. The van der Waals surface area contributed by atoms with Crippen LogP contribution in [0.1, 0.15) is 11.3 Å². The first-order valence-electron chi connectivity index (χ1n) is 4.47. The van der Waals surface area contributed by atoms with Crippen molar-refractivity contribution in [1.82, 2.24) is 4.98 Å². The van der Waals surface area contributed by atoms with E-state index in [1.807, 2.05) is 25.1 Å². The third-order valence-corrected chi connectivity index (χ3v) is 2.70. The van der Waals surface area contributed by atoms with Gasteiger partial charge in [-0.2, -0.15) is 0 Å². The van der Waals surface area contributed by atoms with E-state index in [1.165, 1.54) is 6.39 Å². The van der Waals surface area contributed by atoms with Crippen LogP contribution in [-0.2, 0) is 5.88 Å². The largest absolute Gasteiger partial charge is 0.443 e. The van der Waals surface area contributed by atoms with Crippen LogP contribution in [0.2, 0.25) is 5.02 Å². The Morgan fingerprint density at radius 1 is 1.40 bits per heavy atom. The van der Waals surface area contributed by atoms with E-state index in [0.717, 1.165) is 16.8 Å². The van der Waals surface area contributed by atoms with Gasteiger partial charge in [-0.25, -0.2) is 4.98 Å². The topological polar surface area (TPSA) is 26.0 Å². The first kappa shape index (κ1) is 10.5. The van der Waals surface area contributed by atoms with E-state index in [4.69, 9.17) is 27.6 Å². The molecule has 2 rings (SSSR count). The third kappa shape index (κ3) is 2.01. The van der Waals surface area contributed by atoms with Gasteiger partial charge in [0.05, 0.1) is 5.88 Å². The molecular weight excluding hydrogens is 233 g/mol. The molecule has 0 atom stereocenters. The molecule has 0 aliphatic heterocycles. The Morgan fingerprint density at radius 2 is 2.20 bits per heavy atom. The number of nitrogens with zero attached hydrogens (tertiary/aromatic N) is 1. The normalized spacial score (nSPS) is 10.6. The number of aryl methyl sites for hydroxylation is 1. The molecule has 0 amide bonds. The summed E-state index contributed by atoms with van der Waals surface area (Å²) in [6, 6.07) is 5.64. The van der Waals surface area contributed by atoms with Crippen molar-refractivity contribution in [2.75, 3.05) is 0 Å². The number of aromatic nitrogens is 1. The van der Waals surface area contributed by atoms with Crippen LogP contribution in [-0.4, -0.2) is 4.98 Å². The maximum absolute atomic E-state index is 5.93. The summed E-state index contributed by atoms with van der Waals surface area (Å²) in [5, 5.41) is 0.674. The Balaban J connectivity index is 2.58.